The molecule has 6 N–H and O–H groups in total. The first-order valence-corrected chi connectivity index (χ1v) is 31.1. The van der Waals surface area contributed by atoms with Gasteiger partial charge in [0, 0.05) is 46.8 Å². The zero-order valence-electron chi connectivity index (χ0n) is 54.8. The summed E-state index contributed by atoms with van der Waals surface area (Å²) in [6.07, 6.45) is -1.26. The van der Waals surface area contributed by atoms with Crippen LogP contribution in [0, 0.1) is 37.5 Å². The van der Waals surface area contributed by atoms with Gasteiger partial charge in [-0.15, -0.1) is 0 Å². The summed E-state index contributed by atoms with van der Waals surface area (Å²) in [6.45, 7) is 18.6. The lowest BCUT2D eigenvalue weighted by Gasteiger charge is -2.36. The van der Waals surface area contributed by atoms with Crippen LogP contribution in [0.2, 0.25) is 0 Å². The van der Waals surface area contributed by atoms with Crippen molar-refractivity contribution < 1.29 is 71.4 Å². The number of nitrogens with one attached hydrogen (secondary N) is 4. The number of likely N-dealkylation sites (N-methyl/N-ethyl adjacent to an activating group) is 4. The third kappa shape index (κ3) is 14.1. The summed E-state index contributed by atoms with van der Waals surface area (Å²) in [5.74, 6) is -12.3. The molecule has 28 heteroatoms. The molecule has 1 aromatic carbocycles. The molecule has 11 atom stereocenters. The first kappa shape index (κ1) is 69.7. The molecule has 91 heavy (non-hydrogen) atoms. The minimum absolute atomic E-state index is 0.0748. The Balaban J connectivity index is 1.33. The summed E-state index contributed by atoms with van der Waals surface area (Å²) in [5.41, 5.74) is 3.59. The van der Waals surface area contributed by atoms with Crippen LogP contribution in [-0.4, -0.2) is 220 Å². The summed E-state index contributed by atoms with van der Waals surface area (Å²) in [4.78, 5) is 200. The first-order valence-electron chi connectivity index (χ1n) is 31.1. The molecule has 1 unspecified atom stereocenters. The summed E-state index contributed by atoms with van der Waals surface area (Å²) < 4.78 is 18.4. The van der Waals surface area contributed by atoms with Gasteiger partial charge >= 0.3 is 11.9 Å². The second kappa shape index (κ2) is 28.2. The molecular formula is C63H88N12O16. The normalized spacial score (nSPS) is 26.4. The number of esters is 2. The zero-order valence-corrected chi connectivity index (χ0v) is 54.8. The predicted octanol–water partition coefficient (Wildman–Crippen LogP) is 1.12. The van der Waals surface area contributed by atoms with Crippen molar-refractivity contribution in [3.8, 4) is 11.5 Å². The Hall–Kier alpha value is -8.72. The van der Waals surface area contributed by atoms with Crippen molar-refractivity contribution >= 4 is 87.8 Å². The van der Waals surface area contributed by atoms with E-state index in [-0.39, 0.29) is 53.9 Å². The Morgan fingerprint density at radius 2 is 1.10 bits per heavy atom. The van der Waals surface area contributed by atoms with Crippen LogP contribution in [0.15, 0.2) is 21.3 Å². The van der Waals surface area contributed by atoms with Crippen LogP contribution in [0.1, 0.15) is 133 Å². The fraction of sp³-hybridized carbons (Fsp3) is 0.619. The summed E-state index contributed by atoms with van der Waals surface area (Å²) >= 11 is 0. The van der Waals surface area contributed by atoms with E-state index in [1.165, 1.54) is 85.6 Å². The molecule has 4 saturated heterocycles. The Kier molecular flexibility index (Phi) is 21.6. The molecule has 5 heterocycles. The molecule has 6 aliphatic rings. The van der Waals surface area contributed by atoms with Gasteiger partial charge in [0.25, 0.3) is 11.8 Å². The number of amides is 10. The fourth-order valence-electron chi connectivity index (χ4n) is 12.4. The van der Waals surface area contributed by atoms with Crippen molar-refractivity contribution in [1.29, 1.82) is 0 Å². The maximum absolute atomic E-state index is 15.2. The Bertz CT molecular complexity index is 3440. The van der Waals surface area contributed by atoms with Crippen molar-refractivity contribution in [2.45, 2.75) is 176 Å². The quantitative estimate of drug-likeness (QED) is 0.114. The molecule has 496 valence electrons. The highest BCUT2D eigenvalue weighted by Crippen LogP contribution is 2.35. The number of hydrogen-bond acceptors (Lipinski definition) is 18. The van der Waals surface area contributed by atoms with Gasteiger partial charge in [-0.3, -0.25) is 52.7 Å². The van der Waals surface area contributed by atoms with E-state index >= 15 is 9.59 Å². The minimum Gasteiger partial charge on any atom is -0.458 e. The van der Waals surface area contributed by atoms with E-state index in [9.17, 15) is 52.7 Å². The summed E-state index contributed by atoms with van der Waals surface area (Å²) in [7, 11) is 5.61. The second-order valence-corrected chi connectivity index (χ2v) is 25.7. The SMILES string of the molecule is CCC(C)[C@H]1C(=O)O[C@H](C)[C@H](NC(=O)c2ccc(C)c3oc4c(C)c(=O)c(N)c(C(=O)N[C@@H]5C(=O)N[C@H](C(C)C)C(=O)N6CCC[C@H]6C(=O)N(C)CC(=O)N(C)[C@@H](C(C)C)C(=O)O[C@@H]5C)c-4nc23)C(=O)N[C@H](C(C)C)C(=O)N2CCC[C@H]2C(=O)N(C)CC(=O)N1C. The number of benzene rings is 2. The second-order valence-electron chi connectivity index (χ2n) is 25.7. The van der Waals surface area contributed by atoms with E-state index in [4.69, 9.17) is 24.6 Å². The molecule has 1 aromatic rings. The van der Waals surface area contributed by atoms with Gasteiger partial charge in [0.05, 0.1) is 29.9 Å². The number of nitrogens with two attached hydrogens (primary N) is 1. The molecule has 4 fully saturated rings. The average molecular weight is 1270 g/mol. The number of anilines is 1. The zero-order chi connectivity index (χ0) is 67.7. The highest BCUT2D eigenvalue weighted by atomic mass is 16.6. The number of hydrogen-bond donors (Lipinski definition) is 5. The van der Waals surface area contributed by atoms with Gasteiger partial charge in [-0.1, -0.05) is 67.9 Å². The molecule has 0 spiro atoms. The number of ether oxygens (including phenoxy) is 2. The van der Waals surface area contributed by atoms with E-state index in [1.807, 2.05) is 0 Å². The molecule has 5 aliphatic heterocycles. The average Bonchev–Trinajstić information content (AvgIpc) is 1.79. The monoisotopic (exact) mass is 1270 g/mol. The number of aryl methyl sites for hydroxylation is 1. The third-order valence-electron chi connectivity index (χ3n) is 18.1. The van der Waals surface area contributed by atoms with Gasteiger partial charge in [-0.05, 0) is 88.7 Å². The third-order valence-corrected chi connectivity index (χ3v) is 18.1. The molecule has 0 aromatic heterocycles. The molecule has 0 bridgehead atoms. The highest BCUT2D eigenvalue weighted by molar-refractivity contribution is 6.10. The smallest absolute Gasteiger partial charge is 0.329 e. The fourth-order valence-corrected chi connectivity index (χ4v) is 12.4. The van der Waals surface area contributed by atoms with Gasteiger partial charge in [0.1, 0.15) is 71.8 Å². The van der Waals surface area contributed by atoms with Crippen LogP contribution in [0.25, 0.3) is 22.6 Å². The van der Waals surface area contributed by atoms with Crippen LogP contribution < -0.4 is 32.4 Å². The van der Waals surface area contributed by atoms with Crippen LogP contribution in [0.4, 0.5) is 5.69 Å². The van der Waals surface area contributed by atoms with Gasteiger partial charge in [0.15, 0.2) is 11.3 Å². The summed E-state index contributed by atoms with van der Waals surface area (Å²) in [6, 6.07) is -7.88. The minimum atomic E-state index is -1.88. The van der Waals surface area contributed by atoms with Crippen molar-refractivity contribution in [3.05, 3.63) is 44.6 Å². The largest absolute Gasteiger partial charge is 0.458 e. The molecule has 7 rings (SSSR count). The van der Waals surface area contributed by atoms with Crippen LogP contribution in [-0.2, 0) is 57.4 Å². The van der Waals surface area contributed by atoms with Crippen molar-refractivity contribution in [2.75, 3.05) is 60.1 Å². The Morgan fingerprint density at radius 3 is 1.55 bits per heavy atom. The number of fused-ring (bicyclic) bond motifs is 4. The van der Waals surface area contributed by atoms with Crippen molar-refractivity contribution in [1.82, 2.24) is 55.7 Å². The lowest BCUT2D eigenvalue weighted by Crippen LogP contribution is -2.61. The first-order chi connectivity index (χ1) is 42.6. The van der Waals surface area contributed by atoms with E-state index in [0.717, 1.165) is 4.90 Å². The Labute approximate surface area is 528 Å². The van der Waals surface area contributed by atoms with Gasteiger partial charge in [0.2, 0.25) is 52.7 Å². The lowest BCUT2D eigenvalue weighted by atomic mass is 9.97. The lowest BCUT2D eigenvalue weighted by molar-refractivity contribution is -0.163. The van der Waals surface area contributed by atoms with Crippen LogP contribution in [0.3, 0.4) is 0 Å². The number of cyclic esters (lactones) is 2. The highest BCUT2D eigenvalue weighted by Gasteiger charge is 2.47. The number of aromatic nitrogens is 1. The van der Waals surface area contributed by atoms with Gasteiger partial charge in [-0.2, -0.15) is 0 Å². The maximum Gasteiger partial charge on any atom is 0.329 e. The summed E-state index contributed by atoms with van der Waals surface area (Å²) in [5, 5.41) is 10.7. The molecule has 1 aliphatic carbocycles. The number of nitrogen functional groups attached to an aromatic ring is 1. The van der Waals surface area contributed by atoms with E-state index in [0.29, 0.717) is 24.8 Å². The molecular weight excluding hydrogens is 1180 g/mol. The van der Waals surface area contributed by atoms with Crippen LogP contribution >= 0.6 is 0 Å². The van der Waals surface area contributed by atoms with E-state index in [1.54, 1.807) is 62.3 Å². The number of rotatable bonds is 9. The van der Waals surface area contributed by atoms with Crippen molar-refractivity contribution in [2.24, 2.45) is 23.7 Å². The van der Waals surface area contributed by atoms with E-state index < -0.39 is 191 Å². The van der Waals surface area contributed by atoms with Crippen LogP contribution in [0.5, 0.6) is 0 Å². The molecule has 28 nitrogen and oxygen atoms in total. The van der Waals surface area contributed by atoms with E-state index in [2.05, 4.69) is 21.3 Å². The van der Waals surface area contributed by atoms with Gasteiger partial charge in [-0.25, -0.2) is 14.6 Å². The Morgan fingerprint density at radius 1 is 0.648 bits per heavy atom. The standard InChI is InChI=1S/C63H88N12O16/c1-17-31(8)50-63(88)90-34(11)45(56(81)66-43(28(2)3)60(85)75-25-19-21-38(75)59(84)71(14)27-40(77)73(50)16)68-54(79)36-23-22-32(9)52-47(36)65-48-41(42(64)51(78)33(10)53(48)91-52)55(80)69-46-35(12)89-62(87)49(30(6)7)72(15)39(76)26-70(13)58(83)37-20-18-24-74(37)61(86)44(29(4)5)67-57(46)82/h22-23,28-31,34-35,37-38,43-46,49-50H,17-21,24-27,64H2,1-16H3,(H,66,81)(H,67,82)(H,68,79)(H,69,80)/t31?,34-,35-,37+,38+,43-,44-,45+,46+,49+,50+/m1/s1. The number of nitrogens with zero attached hydrogens (tertiary/aromatic N) is 7. The molecule has 10 amide bonds. The molecule has 0 radical (unpaired) electrons. The number of carbonyl (C=O) groups is 12. The van der Waals surface area contributed by atoms with Gasteiger partial charge < -0.3 is 70.3 Å². The number of carbonyl (C=O) groups excluding carboxylic acids is 12. The molecule has 0 saturated carbocycles. The maximum atomic E-state index is 15.2. The predicted molar refractivity (Wildman–Crippen MR) is 330 cm³/mol. The topological polar surface area (TPSA) is 360 Å². The van der Waals surface area contributed by atoms with Crippen molar-refractivity contribution in [3.63, 3.8) is 0 Å².